The van der Waals surface area contributed by atoms with Gasteiger partial charge in [0.05, 0.1) is 21.5 Å². The number of nitrogens with one attached hydrogen (secondary N) is 1. The monoisotopic (exact) mass is 316 g/mol. The van der Waals surface area contributed by atoms with Crippen molar-refractivity contribution in [1.29, 1.82) is 0 Å². The van der Waals surface area contributed by atoms with Crippen LogP contribution in [0.3, 0.4) is 0 Å². The van der Waals surface area contributed by atoms with Gasteiger partial charge in [-0.1, -0.05) is 24.3 Å². The number of rotatable bonds is 4. The van der Waals surface area contributed by atoms with E-state index in [0.717, 1.165) is 22.7 Å². The topological polar surface area (TPSA) is 62.2 Å². The summed E-state index contributed by atoms with van der Waals surface area (Å²) in [6.07, 6.45) is 0.936. The fraction of sp³-hybridized carbons (Fsp3) is 0.125. The lowest BCUT2D eigenvalue weighted by Gasteiger charge is -2.05. The van der Waals surface area contributed by atoms with E-state index in [1.807, 2.05) is 12.1 Å². The first-order valence-corrected chi connectivity index (χ1v) is 7.58. The number of benzene rings is 2. The first-order valence-electron chi connectivity index (χ1n) is 6.76. The molecule has 0 bridgehead atoms. The smallest absolute Gasteiger partial charge is 0.335 e. The average Bonchev–Trinajstić information content (AvgIpc) is 2.90. The number of anilines is 2. The van der Waals surface area contributed by atoms with Crippen LogP contribution in [-0.4, -0.2) is 16.1 Å². The molecular weight excluding hydrogens is 303 g/mol. The van der Waals surface area contributed by atoms with Crippen molar-refractivity contribution >= 4 is 38.3 Å². The molecule has 3 rings (SSSR count). The third kappa shape index (κ3) is 2.78. The first-order chi connectivity index (χ1) is 10.6. The Labute approximate surface area is 130 Å². The van der Waals surface area contributed by atoms with E-state index in [4.69, 9.17) is 5.11 Å². The minimum Gasteiger partial charge on any atom is -0.478 e. The Kier molecular flexibility index (Phi) is 3.77. The molecule has 0 aliphatic rings. The number of aryl methyl sites for hydroxylation is 1. The van der Waals surface area contributed by atoms with Gasteiger partial charge in [0, 0.05) is 0 Å². The van der Waals surface area contributed by atoms with Crippen LogP contribution in [0.15, 0.2) is 36.4 Å². The number of aromatic carboxylic acids is 1. The van der Waals surface area contributed by atoms with E-state index in [1.54, 1.807) is 0 Å². The summed E-state index contributed by atoms with van der Waals surface area (Å²) in [6.45, 7) is 2.08. The zero-order valence-electron chi connectivity index (χ0n) is 11.8. The number of nitrogens with zero attached hydrogens (tertiary/aromatic N) is 1. The molecule has 2 aromatic carbocycles. The van der Waals surface area contributed by atoms with Crippen molar-refractivity contribution in [3.8, 4) is 0 Å². The lowest BCUT2D eigenvalue weighted by Crippen LogP contribution is -2.00. The molecule has 22 heavy (non-hydrogen) atoms. The van der Waals surface area contributed by atoms with Gasteiger partial charge in [0.15, 0.2) is 5.13 Å². The number of carbonyl (C=O) groups is 1. The molecule has 0 saturated carbocycles. The van der Waals surface area contributed by atoms with E-state index < -0.39 is 11.8 Å². The van der Waals surface area contributed by atoms with Crippen LogP contribution in [-0.2, 0) is 6.42 Å². The molecule has 3 aromatic rings. The number of carboxylic acids is 1. The maximum Gasteiger partial charge on any atom is 0.335 e. The highest BCUT2D eigenvalue weighted by Crippen LogP contribution is 2.30. The third-order valence-electron chi connectivity index (χ3n) is 3.32. The molecule has 0 amide bonds. The Balaban J connectivity index is 1.96. The van der Waals surface area contributed by atoms with Gasteiger partial charge in [-0.15, -0.1) is 0 Å². The maximum atomic E-state index is 13.8. The fourth-order valence-corrected chi connectivity index (χ4v) is 3.05. The molecule has 0 unspecified atom stereocenters. The number of fused-ring (bicyclic) bond motifs is 1. The van der Waals surface area contributed by atoms with E-state index in [1.165, 1.54) is 29.0 Å². The maximum absolute atomic E-state index is 13.8. The minimum atomic E-state index is -1.10. The van der Waals surface area contributed by atoms with Gasteiger partial charge >= 0.3 is 5.97 Å². The highest BCUT2D eigenvalue weighted by Gasteiger charge is 2.11. The molecule has 0 fully saturated rings. The van der Waals surface area contributed by atoms with Gasteiger partial charge in [0.25, 0.3) is 0 Å². The molecule has 1 heterocycles. The van der Waals surface area contributed by atoms with Crippen molar-refractivity contribution in [1.82, 2.24) is 4.98 Å². The van der Waals surface area contributed by atoms with Gasteiger partial charge in [0.1, 0.15) is 5.82 Å². The van der Waals surface area contributed by atoms with Gasteiger partial charge in [-0.2, -0.15) is 0 Å². The lowest BCUT2D eigenvalue weighted by molar-refractivity contribution is 0.0697. The summed E-state index contributed by atoms with van der Waals surface area (Å²) < 4.78 is 14.8. The molecule has 2 N–H and O–H groups in total. The van der Waals surface area contributed by atoms with Gasteiger partial charge in [0.2, 0.25) is 0 Å². The summed E-state index contributed by atoms with van der Waals surface area (Å²) in [5.74, 6) is -1.61. The second-order valence-corrected chi connectivity index (χ2v) is 5.83. The summed E-state index contributed by atoms with van der Waals surface area (Å²) in [5, 5.41) is 12.4. The van der Waals surface area contributed by atoms with Crippen LogP contribution in [0, 0.1) is 5.82 Å². The quantitative estimate of drug-likeness (QED) is 0.747. The van der Waals surface area contributed by atoms with Crippen molar-refractivity contribution < 1.29 is 14.3 Å². The van der Waals surface area contributed by atoms with E-state index in [2.05, 4.69) is 23.3 Å². The lowest BCUT2D eigenvalue weighted by atomic mass is 10.2. The Morgan fingerprint density at radius 2 is 2.14 bits per heavy atom. The van der Waals surface area contributed by atoms with Crippen molar-refractivity contribution in [3.05, 3.63) is 53.3 Å². The molecule has 0 saturated heterocycles. The predicted molar refractivity (Wildman–Crippen MR) is 85.6 cm³/mol. The Bertz CT molecular complexity index is 860. The number of thiazole rings is 1. The van der Waals surface area contributed by atoms with Gasteiger partial charge < -0.3 is 10.4 Å². The second-order valence-electron chi connectivity index (χ2n) is 4.80. The molecule has 1 aromatic heterocycles. The van der Waals surface area contributed by atoms with Crippen molar-refractivity contribution in [3.63, 3.8) is 0 Å². The van der Waals surface area contributed by atoms with Crippen molar-refractivity contribution in [2.24, 2.45) is 0 Å². The van der Waals surface area contributed by atoms with E-state index in [-0.39, 0.29) is 11.3 Å². The SMILES string of the molecule is CCc1ccc2nc(Nc3cc(C(=O)O)ccc3F)sc2c1. The Hall–Kier alpha value is -2.47. The number of aromatic nitrogens is 1. The van der Waals surface area contributed by atoms with Crippen LogP contribution >= 0.6 is 11.3 Å². The zero-order valence-corrected chi connectivity index (χ0v) is 12.6. The molecule has 0 aliphatic carbocycles. The van der Waals surface area contributed by atoms with Crippen LogP contribution in [0.4, 0.5) is 15.2 Å². The van der Waals surface area contributed by atoms with Gasteiger partial charge in [-0.3, -0.25) is 0 Å². The molecule has 112 valence electrons. The molecular formula is C16H13FN2O2S. The highest BCUT2D eigenvalue weighted by molar-refractivity contribution is 7.22. The van der Waals surface area contributed by atoms with Gasteiger partial charge in [-0.05, 0) is 42.3 Å². The summed E-state index contributed by atoms with van der Waals surface area (Å²) in [4.78, 5) is 15.4. The number of hydrogen-bond acceptors (Lipinski definition) is 4. The highest BCUT2D eigenvalue weighted by atomic mass is 32.1. The zero-order chi connectivity index (χ0) is 15.7. The van der Waals surface area contributed by atoms with Crippen molar-refractivity contribution in [2.75, 3.05) is 5.32 Å². The molecule has 0 radical (unpaired) electrons. The normalized spacial score (nSPS) is 10.8. The molecule has 4 nitrogen and oxygen atoms in total. The van der Waals surface area contributed by atoms with Crippen LogP contribution in [0.1, 0.15) is 22.8 Å². The van der Waals surface area contributed by atoms with E-state index >= 15 is 0 Å². The number of hydrogen-bond donors (Lipinski definition) is 2. The van der Waals surface area contributed by atoms with Crippen LogP contribution in [0.5, 0.6) is 0 Å². The standard InChI is InChI=1S/C16H13FN2O2S/c1-2-9-3-6-12-14(7-9)22-16(18-12)19-13-8-10(15(20)21)4-5-11(13)17/h3-8H,2H2,1H3,(H,18,19)(H,20,21). The Morgan fingerprint density at radius 3 is 2.86 bits per heavy atom. The van der Waals surface area contributed by atoms with Crippen LogP contribution in [0.25, 0.3) is 10.2 Å². The summed E-state index contributed by atoms with van der Waals surface area (Å²) in [7, 11) is 0. The summed E-state index contributed by atoms with van der Waals surface area (Å²) in [6, 6.07) is 9.63. The first kappa shape index (κ1) is 14.5. The largest absolute Gasteiger partial charge is 0.478 e. The average molecular weight is 316 g/mol. The Morgan fingerprint density at radius 1 is 1.32 bits per heavy atom. The molecule has 0 atom stereocenters. The fourth-order valence-electron chi connectivity index (χ4n) is 2.11. The molecule has 0 spiro atoms. The number of halogens is 1. The molecule has 6 heteroatoms. The summed E-state index contributed by atoms with van der Waals surface area (Å²) in [5.41, 5.74) is 2.18. The van der Waals surface area contributed by atoms with E-state index in [9.17, 15) is 9.18 Å². The second kappa shape index (κ2) is 5.73. The third-order valence-corrected chi connectivity index (χ3v) is 4.25. The van der Waals surface area contributed by atoms with Crippen molar-refractivity contribution in [2.45, 2.75) is 13.3 Å². The predicted octanol–water partition coefficient (Wildman–Crippen LogP) is 4.44. The number of carboxylic acid groups (broad SMARTS) is 1. The molecule has 0 aliphatic heterocycles. The van der Waals surface area contributed by atoms with Crippen LogP contribution in [0.2, 0.25) is 0 Å². The van der Waals surface area contributed by atoms with E-state index in [0.29, 0.717) is 5.13 Å². The van der Waals surface area contributed by atoms with Crippen LogP contribution < -0.4 is 5.32 Å². The summed E-state index contributed by atoms with van der Waals surface area (Å²) >= 11 is 1.41. The minimum absolute atomic E-state index is 0.0262. The van der Waals surface area contributed by atoms with Gasteiger partial charge in [-0.25, -0.2) is 14.2 Å².